The van der Waals surface area contributed by atoms with Crippen LogP contribution >= 0.6 is 0 Å². The average molecular weight is 450 g/mol. The van der Waals surface area contributed by atoms with Gasteiger partial charge in [-0.1, -0.05) is 6.07 Å². The van der Waals surface area contributed by atoms with Crippen molar-refractivity contribution < 1.29 is 19.2 Å². The first kappa shape index (κ1) is 21.0. The van der Waals surface area contributed by atoms with E-state index in [0.717, 1.165) is 15.8 Å². The second-order valence-electron chi connectivity index (χ2n) is 7.76. The highest BCUT2D eigenvalue weighted by molar-refractivity contribution is 6.34. The quantitative estimate of drug-likeness (QED) is 0.452. The van der Waals surface area contributed by atoms with Crippen molar-refractivity contribution >= 4 is 51.6 Å². The third kappa shape index (κ3) is 3.67. The summed E-state index contributed by atoms with van der Waals surface area (Å²) >= 11 is 0. The number of pyridine rings is 1. The SMILES string of the molecule is CC(=O)Nc1ccc(N2C(=O)c3ccc(C(=O)Nc4cccc5ncccc45)cc3C2=O)cc1. The number of benzene rings is 3. The zero-order chi connectivity index (χ0) is 23.8. The van der Waals surface area contributed by atoms with Gasteiger partial charge in [0.25, 0.3) is 17.7 Å². The van der Waals surface area contributed by atoms with Crippen molar-refractivity contribution in [2.45, 2.75) is 6.92 Å². The molecule has 3 aromatic carbocycles. The lowest BCUT2D eigenvalue weighted by Crippen LogP contribution is -2.29. The summed E-state index contributed by atoms with van der Waals surface area (Å²) in [5.41, 5.74) is 2.90. The molecule has 0 aliphatic carbocycles. The highest BCUT2D eigenvalue weighted by Gasteiger charge is 2.37. The zero-order valence-electron chi connectivity index (χ0n) is 18.0. The summed E-state index contributed by atoms with van der Waals surface area (Å²) < 4.78 is 0. The average Bonchev–Trinajstić information content (AvgIpc) is 3.09. The first-order valence-corrected chi connectivity index (χ1v) is 10.5. The van der Waals surface area contributed by atoms with Gasteiger partial charge in [-0.15, -0.1) is 0 Å². The highest BCUT2D eigenvalue weighted by atomic mass is 16.2. The van der Waals surface area contributed by atoms with Crippen LogP contribution in [0.2, 0.25) is 0 Å². The Morgan fingerprint density at radius 1 is 0.824 bits per heavy atom. The van der Waals surface area contributed by atoms with Gasteiger partial charge < -0.3 is 10.6 Å². The third-order valence-electron chi connectivity index (χ3n) is 5.49. The zero-order valence-corrected chi connectivity index (χ0v) is 18.0. The minimum absolute atomic E-state index is 0.156. The number of amides is 4. The number of hydrogen-bond acceptors (Lipinski definition) is 5. The van der Waals surface area contributed by atoms with Crippen LogP contribution < -0.4 is 15.5 Å². The van der Waals surface area contributed by atoms with E-state index < -0.39 is 17.7 Å². The standard InChI is InChI=1S/C26H18N4O4/c1-15(31)28-17-8-10-18(11-9-17)30-25(33)19-12-7-16(14-21(19)26(30)34)24(32)29-23-6-2-5-22-20(23)4-3-13-27-22/h2-14H,1H3,(H,28,31)(H,29,32). The number of fused-ring (bicyclic) bond motifs is 2. The van der Waals surface area contributed by atoms with Gasteiger partial charge in [0.2, 0.25) is 5.91 Å². The summed E-state index contributed by atoms with van der Waals surface area (Å²) in [6.07, 6.45) is 1.68. The fourth-order valence-corrected chi connectivity index (χ4v) is 3.92. The number of carbonyl (C=O) groups is 4. The summed E-state index contributed by atoms with van der Waals surface area (Å²) in [6.45, 7) is 1.39. The van der Waals surface area contributed by atoms with Crippen molar-refractivity contribution in [1.82, 2.24) is 4.98 Å². The molecular formula is C26H18N4O4. The van der Waals surface area contributed by atoms with Crippen LogP contribution in [0.4, 0.5) is 17.1 Å². The summed E-state index contributed by atoms with van der Waals surface area (Å²) in [5.74, 6) is -1.62. The van der Waals surface area contributed by atoms with E-state index >= 15 is 0 Å². The lowest BCUT2D eigenvalue weighted by Gasteiger charge is -2.14. The van der Waals surface area contributed by atoms with Crippen LogP contribution in [-0.2, 0) is 4.79 Å². The van der Waals surface area contributed by atoms with Gasteiger partial charge in [-0.05, 0) is 66.7 Å². The van der Waals surface area contributed by atoms with Crippen molar-refractivity contribution in [3.8, 4) is 0 Å². The number of nitrogens with one attached hydrogen (secondary N) is 2. The number of carbonyl (C=O) groups excluding carboxylic acids is 4. The molecular weight excluding hydrogens is 432 g/mol. The van der Waals surface area contributed by atoms with Crippen LogP contribution in [0.25, 0.3) is 10.9 Å². The summed E-state index contributed by atoms with van der Waals surface area (Å²) in [4.78, 5) is 55.5. The van der Waals surface area contributed by atoms with Gasteiger partial charge in [0.15, 0.2) is 0 Å². The molecule has 0 bridgehead atoms. The largest absolute Gasteiger partial charge is 0.326 e. The smallest absolute Gasteiger partial charge is 0.266 e. The van der Waals surface area contributed by atoms with Crippen molar-refractivity contribution in [3.05, 3.63) is 95.7 Å². The van der Waals surface area contributed by atoms with Crippen LogP contribution in [-0.4, -0.2) is 28.6 Å². The number of rotatable bonds is 4. The van der Waals surface area contributed by atoms with E-state index in [1.54, 1.807) is 48.7 Å². The molecule has 0 unspecified atom stereocenters. The molecule has 8 nitrogen and oxygen atoms in total. The predicted octanol–water partition coefficient (Wildman–Crippen LogP) is 4.25. The Balaban J connectivity index is 1.41. The minimum atomic E-state index is -0.517. The Morgan fingerprint density at radius 2 is 1.59 bits per heavy atom. The van der Waals surface area contributed by atoms with E-state index in [9.17, 15) is 19.2 Å². The highest BCUT2D eigenvalue weighted by Crippen LogP contribution is 2.30. The number of aromatic nitrogens is 1. The molecule has 4 amide bonds. The van der Waals surface area contributed by atoms with Crippen LogP contribution in [0, 0.1) is 0 Å². The molecule has 166 valence electrons. The molecule has 0 saturated heterocycles. The van der Waals surface area contributed by atoms with Gasteiger partial charge in [-0.3, -0.25) is 24.2 Å². The summed E-state index contributed by atoms with van der Waals surface area (Å²) in [6, 6.07) is 19.9. The molecule has 0 fully saturated rings. The Morgan fingerprint density at radius 3 is 2.35 bits per heavy atom. The fourth-order valence-electron chi connectivity index (χ4n) is 3.92. The molecule has 0 saturated carbocycles. The Labute approximate surface area is 194 Å². The van der Waals surface area contributed by atoms with Crippen LogP contribution in [0.1, 0.15) is 38.0 Å². The summed E-state index contributed by atoms with van der Waals surface area (Å²) in [5, 5.41) is 6.29. The first-order valence-electron chi connectivity index (χ1n) is 10.5. The van der Waals surface area contributed by atoms with E-state index in [1.807, 2.05) is 12.1 Å². The monoisotopic (exact) mass is 450 g/mol. The Kier molecular flexibility index (Phi) is 5.10. The number of hydrogen-bond donors (Lipinski definition) is 2. The van der Waals surface area contributed by atoms with Crippen molar-refractivity contribution in [1.29, 1.82) is 0 Å². The predicted molar refractivity (Wildman–Crippen MR) is 128 cm³/mol. The van der Waals surface area contributed by atoms with Gasteiger partial charge in [-0.2, -0.15) is 0 Å². The van der Waals surface area contributed by atoms with E-state index in [-0.39, 0.29) is 22.6 Å². The van der Waals surface area contributed by atoms with Gasteiger partial charge in [0.05, 0.1) is 28.0 Å². The Bertz CT molecular complexity index is 1490. The molecule has 1 aliphatic heterocycles. The maximum atomic E-state index is 13.1. The van der Waals surface area contributed by atoms with Crippen LogP contribution in [0.5, 0.6) is 0 Å². The second kappa shape index (κ2) is 8.25. The van der Waals surface area contributed by atoms with Crippen molar-refractivity contribution in [3.63, 3.8) is 0 Å². The van der Waals surface area contributed by atoms with Crippen LogP contribution in [0.3, 0.4) is 0 Å². The normalized spacial score (nSPS) is 12.6. The van der Waals surface area contributed by atoms with Crippen LogP contribution in [0.15, 0.2) is 79.0 Å². The topological polar surface area (TPSA) is 108 Å². The molecule has 0 spiro atoms. The number of imide groups is 1. The number of anilines is 3. The summed E-state index contributed by atoms with van der Waals surface area (Å²) in [7, 11) is 0. The van der Waals surface area contributed by atoms with E-state index in [1.165, 1.54) is 25.1 Å². The first-order chi connectivity index (χ1) is 16.4. The lowest BCUT2D eigenvalue weighted by atomic mass is 10.0. The molecule has 8 heteroatoms. The van der Waals surface area contributed by atoms with Crippen molar-refractivity contribution in [2.75, 3.05) is 15.5 Å². The molecule has 4 aromatic rings. The minimum Gasteiger partial charge on any atom is -0.326 e. The van der Waals surface area contributed by atoms with E-state index in [4.69, 9.17) is 0 Å². The van der Waals surface area contributed by atoms with Gasteiger partial charge in [0.1, 0.15) is 0 Å². The molecule has 5 rings (SSSR count). The molecule has 1 aliphatic rings. The Hall–Kier alpha value is -4.85. The molecule has 1 aromatic heterocycles. The van der Waals surface area contributed by atoms with E-state index in [2.05, 4.69) is 15.6 Å². The maximum absolute atomic E-state index is 13.1. The van der Waals surface area contributed by atoms with Crippen molar-refractivity contribution in [2.24, 2.45) is 0 Å². The second-order valence-corrected chi connectivity index (χ2v) is 7.76. The lowest BCUT2D eigenvalue weighted by molar-refractivity contribution is -0.114. The molecule has 2 N–H and O–H groups in total. The van der Waals surface area contributed by atoms with Gasteiger partial charge in [0, 0.05) is 29.8 Å². The fraction of sp³-hybridized carbons (Fsp3) is 0.0385. The van der Waals surface area contributed by atoms with Gasteiger partial charge >= 0.3 is 0 Å². The molecule has 0 radical (unpaired) electrons. The third-order valence-corrected chi connectivity index (χ3v) is 5.49. The van der Waals surface area contributed by atoms with E-state index in [0.29, 0.717) is 17.1 Å². The maximum Gasteiger partial charge on any atom is 0.266 e. The molecule has 0 atom stereocenters. The van der Waals surface area contributed by atoms with Gasteiger partial charge in [-0.25, -0.2) is 4.90 Å². The number of nitrogens with zero attached hydrogens (tertiary/aromatic N) is 2. The molecule has 34 heavy (non-hydrogen) atoms. The molecule has 2 heterocycles.